The van der Waals surface area contributed by atoms with Crippen molar-refractivity contribution in [1.29, 1.82) is 0 Å². The molecular formula is C27H42FN3O4Si. The number of pyridine rings is 2. The Hall–Kier alpha value is -2.26. The van der Waals surface area contributed by atoms with Gasteiger partial charge in [0.2, 0.25) is 5.88 Å². The number of aryl methyl sites for hydroxylation is 1. The number of hydrogen-bond donors (Lipinski definition) is 0. The fraction of sp³-hybridized carbons (Fsp3) is 0.667. The molecule has 9 heteroatoms. The molecule has 1 aliphatic heterocycles. The standard InChI is InChI=1S/C27H42FN3O4Si/c1-26(2,3)34-25(32)31-17-19(35-36(8,9)27(4,5)6)12-10-18(31)11-13-20-21(28)16-29-22-14-15-23(33-7)30-24(20)22/h14-16,18-19H,10-13,17H2,1-9H3/t18-,19-/m1/s1. The van der Waals surface area contributed by atoms with Gasteiger partial charge in [-0.1, -0.05) is 20.8 Å². The maximum absolute atomic E-state index is 14.9. The Bertz CT molecular complexity index is 1080. The number of piperidine rings is 1. The zero-order chi connectivity index (χ0) is 26.9. The van der Waals surface area contributed by atoms with Gasteiger partial charge in [-0.3, -0.25) is 4.98 Å². The third-order valence-electron chi connectivity index (χ3n) is 7.23. The van der Waals surface area contributed by atoms with E-state index in [2.05, 4.69) is 43.8 Å². The first-order valence-corrected chi connectivity index (χ1v) is 15.7. The Morgan fingerprint density at radius 2 is 1.86 bits per heavy atom. The Morgan fingerprint density at radius 3 is 2.47 bits per heavy atom. The molecule has 1 aliphatic rings. The van der Waals surface area contributed by atoms with Crippen molar-refractivity contribution >= 4 is 25.4 Å². The topological polar surface area (TPSA) is 73.8 Å². The molecule has 1 fully saturated rings. The molecule has 1 saturated heterocycles. The number of fused-ring (bicyclic) bond motifs is 1. The van der Waals surface area contributed by atoms with Crippen molar-refractivity contribution in [3.63, 3.8) is 0 Å². The van der Waals surface area contributed by atoms with Gasteiger partial charge in [0.05, 0.1) is 30.4 Å². The molecular weight excluding hydrogens is 477 g/mol. The maximum Gasteiger partial charge on any atom is 0.410 e. The first-order valence-electron chi connectivity index (χ1n) is 12.8. The van der Waals surface area contributed by atoms with Crippen molar-refractivity contribution < 1.29 is 23.1 Å². The monoisotopic (exact) mass is 519 g/mol. The maximum atomic E-state index is 14.9. The van der Waals surface area contributed by atoms with Crippen LogP contribution in [-0.2, 0) is 15.6 Å². The molecule has 0 aliphatic carbocycles. The number of carbonyl (C=O) groups excluding carboxylic acids is 1. The molecule has 0 saturated carbocycles. The van der Waals surface area contributed by atoms with E-state index in [9.17, 15) is 9.18 Å². The van der Waals surface area contributed by atoms with E-state index in [1.165, 1.54) is 13.3 Å². The number of aromatic nitrogens is 2. The normalized spacial score (nSPS) is 19.4. The molecule has 0 bridgehead atoms. The van der Waals surface area contributed by atoms with Crippen LogP contribution in [0.15, 0.2) is 18.3 Å². The van der Waals surface area contributed by atoms with E-state index in [0.29, 0.717) is 41.9 Å². The zero-order valence-corrected chi connectivity index (χ0v) is 24.3. The van der Waals surface area contributed by atoms with E-state index < -0.39 is 19.7 Å². The second kappa shape index (κ2) is 10.6. The highest BCUT2D eigenvalue weighted by molar-refractivity contribution is 6.74. The van der Waals surface area contributed by atoms with Gasteiger partial charge in [-0.15, -0.1) is 0 Å². The van der Waals surface area contributed by atoms with Crippen molar-refractivity contribution in [3.8, 4) is 5.88 Å². The Labute approximate surface area is 215 Å². The molecule has 0 N–H and O–H groups in total. The van der Waals surface area contributed by atoms with Crippen molar-refractivity contribution in [1.82, 2.24) is 14.9 Å². The summed E-state index contributed by atoms with van der Waals surface area (Å²) in [6.07, 6.45) is 3.46. The number of halogens is 1. The quantitative estimate of drug-likeness (QED) is 0.406. The summed E-state index contributed by atoms with van der Waals surface area (Å²) < 4.78 is 32.5. The number of nitrogens with zero attached hydrogens (tertiary/aromatic N) is 3. The summed E-state index contributed by atoms with van der Waals surface area (Å²) in [6, 6.07) is 3.40. The number of methoxy groups -OCH3 is 1. The van der Waals surface area contributed by atoms with Crippen molar-refractivity contribution in [2.24, 2.45) is 0 Å². The highest BCUT2D eigenvalue weighted by Gasteiger charge is 2.42. The SMILES string of the molecule is COc1ccc2ncc(F)c(CC[C@H]3CC[C@@H](O[Si](C)(C)C(C)(C)C)CN3C(=O)OC(C)(C)C)c2n1. The summed E-state index contributed by atoms with van der Waals surface area (Å²) >= 11 is 0. The van der Waals surface area contributed by atoms with Gasteiger partial charge in [0.15, 0.2) is 8.32 Å². The van der Waals surface area contributed by atoms with E-state index >= 15 is 0 Å². The van der Waals surface area contributed by atoms with Crippen LogP contribution in [0.25, 0.3) is 11.0 Å². The second-order valence-corrected chi connectivity index (χ2v) is 17.0. The molecule has 1 amide bonds. The van der Waals surface area contributed by atoms with Gasteiger partial charge in [0.25, 0.3) is 0 Å². The molecule has 3 rings (SSSR count). The Balaban J connectivity index is 1.83. The number of carbonyl (C=O) groups is 1. The molecule has 0 radical (unpaired) electrons. The summed E-state index contributed by atoms with van der Waals surface area (Å²) in [5, 5.41) is 0.0780. The van der Waals surface area contributed by atoms with E-state index in [-0.39, 0.29) is 23.3 Å². The predicted octanol–water partition coefficient (Wildman–Crippen LogP) is 6.50. The van der Waals surface area contributed by atoms with Gasteiger partial charge in [-0.05, 0) is 70.7 Å². The number of ether oxygens (including phenoxy) is 2. The van der Waals surface area contributed by atoms with Gasteiger partial charge in [0, 0.05) is 24.2 Å². The largest absolute Gasteiger partial charge is 0.481 e. The van der Waals surface area contributed by atoms with Crippen LogP contribution in [0.5, 0.6) is 5.88 Å². The summed E-state index contributed by atoms with van der Waals surface area (Å²) in [5.41, 5.74) is 0.987. The van der Waals surface area contributed by atoms with Crippen molar-refractivity contribution in [2.75, 3.05) is 13.7 Å². The van der Waals surface area contributed by atoms with Gasteiger partial charge < -0.3 is 18.8 Å². The second-order valence-electron chi connectivity index (χ2n) is 12.2. The van der Waals surface area contributed by atoms with Crippen molar-refractivity contribution in [2.45, 2.75) is 103 Å². The Kier molecular flexibility index (Phi) is 8.35. The third kappa shape index (κ3) is 6.73. The lowest BCUT2D eigenvalue weighted by molar-refractivity contribution is -0.0116. The molecule has 2 aromatic rings. The fourth-order valence-corrected chi connectivity index (χ4v) is 5.65. The lowest BCUT2D eigenvalue weighted by atomic mass is 9.94. The minimum Gasteiger partial charge on any atom is -0.481 e. The predicted molar refractivity (Wildman–Crippen MR) is 142 cm³/mol. The molecule has 3 heterocycles. The molecule has 7 nitrogen and oxygen atoms in total. The molecule has 36 heavy (non-hydrogen) atoms. The van der Waals surface area contributed by atoms with Crippen LogP contribution in [0.3, 0.4) is 0 Å². The molecule has 200 valence electrons. The minimum absolute atomic E-state index is 0.0425. The summed E-state index contributed by atoms with van der Waals surface area (Å²) in [7, 11) is -0.468. The number of rotatable bonds is 6. The first kappa shape index (κ1) is 28.3. The van der Waals surface area contributed by atoms with Crippen LogP contribution in [0.4, 0.5) is 9.18 Å². The van der Waals surface area contributed by atoms with Crippen LogP contribution in [0.1, 0.15) is 66.4 Å². The zero-order valence-electron chi connectivity index (χ0n) is 23.3. The van der Waals surface area contributed by atoms with Gasteiger partial charge in [-0.2, -0.15) is 0 Å². The molecule has 0 aromatic carbocycles. The highest BCUT2D eigenvalue weighted by atomic mass is 28.4. The van der Waals surface area contributed by atoms with Gasteiger partial charge in [0.1, 0.15) is 11.4 Å². The van der Waals surface area contributed by atoms with Crippen molar-refractivity contribution in [3.05, 3.63) is 29.7 Å². The van der Waals surface area contributed by atoms with Gasteiger partial charge in [-0.25, -0.2) is 14.2 Å². The third-order valence-corrected chi connectivity index (χ3v) is 11.8. The van der Waals surface area contributed by atoms with Crippen LogP contribution in [0.2, 0.25) is 18.1 Å². The average molecular weight is 520 g/mol. The van der Waals surface area contributed by atoms with E-state index in [1.54, 1.807) is 17.0 Å². The fourth-order valence-electron chi connectivity index (χ4n) is 4.27. The minimum atomic E-state index is -2.00. The van der Waals surface area contributed by atoms with E-state index in [4.69, 9.17) is 13.9 Å². The summed E-state index contributed by atoms with van der Waals surface area (Å²) in [6.45, 7) is 17.2. The number of likely N-dealkylation sites (tertiary alicyclic amines) is 1. The van der Waals surface area contributed by atoms with E-state index in [0.717, 1.165) is 12.8 Å². The lowest BCUT2D eigenvalue weighted by Gasteiger charge is -2.45. The highest BCUT2D eigenvalue weighted by Crippen LogP contribution is 2.39. The first-order chi connectivity index (χ1) is 16.6. The van der Waals surface area contributed by atoms with Crippen LogP contribution in [-0.4, -0.2) is 60.7 Å². The molecule has 2 atom stereocenters. The summed E-state index contributed by atoms with van der Waals surface area (Å²) in [4.78, 5) is 23.7. The smallest absolute Gasteiger partial charge is 0.410 e. The van der Waals surface area contributed by atoms with E-state index in [1.807, 2.05) is 20.8 Å². The van der Waals surface area contributed by atoms with Crippen LogP contribution >= 0.6 is 0 Å². The van der Waals surface area contributed by atoms with Gasteiger partial charge >= 0.3 is 6.09 Å². The molecule has 2 aromatic heterocycles. The number of amides is 1. The summed E-state index contributed by atoms with van der Waals surface area (Å²) in [5.74, 6) is 0.0110. The molecule has 0 spiro atoms. The van der Waals surface area contributed by atoms with Crippen LogP contribution in [0, 0.1) is 5.82 Å². The average Bonchev–Trinajstić information content (AvgIpc) is 2.76. The van der Waals surface area contributed by atoms with Crippen LogP contribution < -0.4 is 4.74 Å². The molecule has 0 unspecified atom stereocenters. The Morgan fingerprint density at radius 1 is 1.17 bits per heavy atom. The lowest BCUT2D eigenvalue weighted by Crippen LogP contribution is -2.54. The number of hydrogen-bond acceptors (Lipinski definition) is 6.